The summed E-state index contributed by atoms with van der Waals surface area (Å²) in [5.74, 6) is 0.403. The Labute approximate surface area is 154 Å². The van der Waals surface area contributed by atoms with Gasteiger partial charge in [-0.2, -0.15) is 0 Å². The second-order valence-corrected chi connectivity index (χ2v) is 7.44. The molecule has 0 radical (unpaired) electrons. The highest BCUT2D eigenvalue weighted by atomic mass is 32.2. The monoisotopic (exact) mass is 381 g/mol. The van der Waals surface area contributed by atoms with Gasteiger partial charge in [0.05, 0.1) is 6.61 Å². The van der Waals surface area contributed by atoms with Crippen molar-refractivity contribution in [3.05, 3.63) is 29.8 Å². The lowest BCUT2D eigenvalue weighted by atomic mass is 10.1. The Kier molecular flexibility index (Phi) is 5.77. The van der Waals surface area contributed by atoms with Crippen molar-refractivity contribution in [2.45, 2.75) is 25.8 Å². The standard InChI is InChI=1S/C17H23N3O5S/c1-12-10-19(17(22)25-11-13-2-3-13)8-9-20(12)16(21)14-4-6-15(7-5-14)18-26(23)24/h4-7,12-13,18H,2-3,8-11H2,1H3,(H,23,24). The lowest BCUT2D eigenvalue weighted by molar-refractivity contribution is 0.0404. The summed E-state index contributed by atoms with van der Waals surface area (Å²) >= 11 is -2.15. The van der Waals surface area contributed by atoms with Crippen molar-refractivity contribution in [3.63, 3.8) is 0 Å². The van der Waals surface area contributed by atoms with Crippen LogP contribution >= 0.6 is 0 Å². The molecule has 2 unspecified atom stereocenters. The third-order valence-electron chi connectivity index (χ3n) is 4.62. The van der Waals surface area contributed by atoms with Crippen molar-refractivity contribution in [1.29, 1.82) is 0 Å². The highest BCUT2D eigenvalue weighted by Crippen LogP contribution is 2.29. The molecule has 0 aromatic heterocycles. The van der Waals surface area contributed by atoms with Crippen molar-refractivity contribution in [2.24, 2.45) is 5.92 Å². The van der Waals surface area contributed by atoms with E-state index in [-0.39, 0.29) is 18.0 Å². The van der Waals surface area contributed by atoms with Crippen molar-refractivity contribution in [2.75, 3.05) is 31.0 Å². The molecule has 1 heterocycles. The zero-order chi connectivity index (χ0) is 18.7. The van der Waals surface area contributed by atoms with Gasteiger partial charge in [-0.15, -0.1) is 0 Å². The zero-order valence-electron chi connectivity index (χ0n) is 14.6. The number of hydrogen-bond acceptors (Lipinski definition) is 4. The van der Waals surface area contributed by atoms with Gasteiger partial charge in [0.2, 0.25) is 0 Å². The molecule has 0 spiro atoms. The highest BCUT2D eigenvalue weighted by molar-refractivity contribution is 7.80. The van der Waals surface area contributed by atoms with Crippen LogP contribution in [0, 0.1) is 5.92 Å². The normalized spacial score (nSPS) is 21.2. The van der Waals surface area contributed by atoms with Crippen LogP contribution in [0.3, 0.4) is 0 Å². The van der Waals surface area contributed by atoms with Crippen LogP contribution in [0.25, 0.3) is 0 Å². The minimum atomic E-state index is -2.15. The van der Waals surface area contributed by atoms with E-state index in [1.54, 1.807) is 34.1 Å². The smallest absolute Gasteiger partial charge is 0.409 e. The molecule has 1 saturated carbocycles. The zero-order valence-corrected chi connectivity index (χ0v) is 15.4. The van der Waals surface area contributed by atoms with Crippen molar-refractivity contribution in [3.8, 4) is 0 Å². The molecule has 1 aliphatic heterocycles. The molecular formula is C17H23N3O5S. The maximum atomic E-state index is 12.7. The van der Waals surface area contributed by atoms with Crippen molar-refractivity contribution < 1.29 is 23.1 Å². The van der Waals surface area contributed by atoms with Crippen molar-refractivity contribution >= 4 is 29.0 Å². The molecule has 2 fully saturated rings. The molecule has 9 heteroatoms. The van der Waals surface area contributed by atoms with Crippen LogP contribution in [0.4, 0.5) is 10.5 Å². The lowest BCUT2D eigenvalue weighted by Gasteiger charge is -2.39. The quantitative estimate of drug-likeness (QED) is 0.759. The second kappa shape index (κ2) is 8.05. The van der Waals surface area contributed by atoms with Gasteiger partial charge in [0.1, 0.15) is 0 Å². The van der Waals surface area contributed by atoms with Crippen LogP contribution in [0.1, 0.15) is 30.1 Å². The molecule has 2 amide bonds. The molecule has 1 aromatic rings. The maximum Gasteiger partial charge on any atom is 0.409 e. The van der Waals surface area contributed by atoms with Gasteiger partial charge in [0.25, 0.3) is 17.2 Å². The second-order valence-electron chi connectivity index (χ2n) is 6.74. The Morgan fingerprint density at radius 2 is 1.96 bits per heavy atom. The van der Waals surface area contributed by atoms with Gasteiger partial charge in [-0.3, -0.25) is 14.1 Å². The summed E-state index contributed by atoms with van der Waals surface area (Å²) < 4.78 is 27.2. The van der Waals surface area contributed by atoms with E-state index >= 15 is 0 Å². The number of anilines is 1. The summed E-state index contributed by atoms with van der Waals surface area (Å²) in [5, 5.41) is 0. The number of amides is 2. The van der Waals surface area contributed by atoms with Crippen LogP contribution in [0.2, 0.25) is 0 Å². The minimum Gasteiger partial charge on any atom is -0.449 e. The maximum absolute atomic E-state index is 12.7. The van der Waals surface area contributed by atoms with E-state index in [0.717, 1.165) is 12.8 Å². The predicted molar refractivity (Wildman–Crippen MR) is 97.0 cm³/mol. The highest BCUT2D eigenvalue weighted by Gasteiger charge is 2.32. The van der Waals surface area contributed by atoms with Crippen LogP contribution in [0.15, 0.2) is 24.3 Å². The number of hydrogen-bond donors (Lipinski definition) is 2. The van der Waals surface area contributed by atoms with Gasteiger partial charge in [0, 0.05) is 36.9 Å². The van der Waals surface area contributed by atoms with Gasteiger partial charge in [-0.25, -0.2) is 9.00 Å². The molecular weight excluding hydrogens is 358 g/mol. The molecule has 142 valence electrons. The first-order valence-electron chi connectivity index (χ1n) is 8.64. The summed E-state index contributed by atoms with van der Waals surface area (Å²) in [7, 11) is 0. The van der Waals surface area contributed by atoms with Crippen LogP contribution in [-0.2, 0) is 16.0 Å². The summed E-state index contributed by atoms with van der Waals surface area (Å²) in [4.78, 5) is 28.2. The fourth-order valence-corrected chi connectivity index (χ4v) is 3.28. The molecule has 0 bridgehead atoms. The summed E-state index contributed by atoms with van der Waals surface area (Å²) in [6, 6.07) is 6.27. The molecule has 1 saturated heterocycles. The largest absolute Gasteiger partial charge is 0.449 e. The summed E-state index contributed by atoms with van der Waals surface area (Å²) in [6.07, 6.45) is 1.96. The molecule has 2 aliphatic rings. The van der Waals surface area contributed by atoms with E-state index in [1.165, 1.54) is 0 Å². The first-order chi connectivity index (χ1) is 12.4. The van der Waals surface area contributed by atoms with Gasteiger partial charge in [-0.05, 0) is 49.9 Å². The van der Waals surface area contributed by atoms with Gasteiger partial charge in [0.15, 0.2) is 0 Å². The van der Waals surface area contributed by atoms with Crippen LogP contribution < -0.4 is 4.72 Å². The number of ether oxygens (including phenoxy) is 1. The number of nitrogens with one attached hydrogen (secondary N) is 1. The fraction of sp³-hybridized carbons (Fsp3) is 0.529. The fourth-order valence-electron chi connectivity index (χ4n) is 2.94. The Bertz CT molecular complexity index is 692. The molecule has 8 nitrogen and oxygen atoms in total. The van der Waals surface area contributed by atoms with Gasteiger partial charge < -0.3 is 14.5 Å². The average molecular weight is 381 g/mol. The third-order valence-corrected chi connectivity index (χ3v) is 5.03. The average Bonchev–Trinajstić information content (AvgIpc) is 3.43. The molecule has 1 aliphatic carbocycles. The SMILES string of the molecule is CC1CN(C(=O)OCC2CC2)CCN1C(=O)c1ccc(NS(=O)O)cc1. The Hall–Kier alpha value is -2.13. The van der Waals surface area contributed by atoms with Gasteiger partial charge in [-0.1, -0.05) is 0 Å². The van der Waals surface area contributed by atoms with E-state index in [9.17, 15) is 13.8 Å². The third kappa shape index (κ3) is 4.73. The van der Waals surface area contributed by atoms with Crippen LogP contribution in [0.5, 0.6) is 0 Å². The molecule has 26 heavy (non-hydrogen) atoms. The van der Waals surface area contributed by atoms with E-state index in [0.29, 0.717) is 43.4 Å². The minimum absolute atomic E-state index is 0.118. The number of benzene rings is 1. The predicted octanol–water partition coefficient (Wildman–Crippen LogP) is 1.93. The lowest BCUT2D eigenvalue weighted by Crippen LogP contribution is -2.55. The Balaban J connectivity index is 1.55. The van der Waals surface area contributed by atoms with E-state index in [2.05, 4.69) is 4.72 Å². The molecule has 2 N–H and O–H groups in total. The molecule has 3 rings (SSSR count). The molecule has 2 atom stereocenters. The Morgan fingerprint density at radius 3 is 2.54 bits per heavy atom. The summed E-state index contributed by atoms with van der Waals surface area (Å²) in [6.45, 7) is 3.73. The number of carbonyl (C=O) groups is 2. The number of piperazine rings is 1. The van der Waals surface area contributed by atoms with E-state index in [1.807, 2.05) is 6.92 Å². The van der Waals surface area contributed by atoms with E-state index in [4.69, 9.17) is 9.29 Å². The summed E-state index contributed by atoms with van der Waals surface area (Å²) in [5.41, 5.74) is 0.953. The van der Waals surface area contributed by atoms with Gasteiger partial charge >= 0.3 is 6.09 Å². The number of carbonyl (C=O) groups excluding carboxylic acids is 2. The first kappa shape index (κ1) is 18.7. The topological polar surface area (TPSA) is 99.2 Å². The van der Waals surface area contributed by atoms with Crippen molar-refractivity contribution in [1.82, 2.24) is 9.80 Å². The number of rotatable bonds is 5. The number of nitrogens with zero attached hydrogens (tertiary/aromatic N) is 2. The Morgan fingerprint density at radius 1 is 1.27 bits per heavy atom. The van der Waals surface area contributed by atoms with Crippen LogP contribution in [-0.4, -0.2) is 62.8 Å². The molecule has 1 aromatic carbocycles. The van der Waals surface area contributed by atoms with E-state index < -0.39 is 11.3 Å². The first-order valence-corrected chi connectivity index (χ1v) is 9.75.